The molecule has 0 amide bonds. The number of likely N-dealkylation sites (tertiary alicyclic amines) is 1. The van der Waals surface area contributed by atoms with Gasteiger partial charge in [0.15, 0.2) is 5.96 Å². The lowest BCUT2D eigenvalue weighted by Gasteiger charge is -2.34. The predicted octanol–water partition coefficient (Wildman–Crippen LogP) is 1.63. The lowest BCUT2D eigenvalue weighted by Crippen LogP contribution is -2.50. The summed E-state index contributed by atoms with van der Waals surface area (Å²) < 4.78 is 37.9. The lowest BCUT2D eigenvalue weighted by atomic mass is 9.98. The van der Waals surface area contributed by atoms with Crippen molar-refractivity contribution in [1.82, 2.24) is 19.8 Å². The number of nitrogens with one attached hydrogen (secondary N) is 2. The van der Waals surface area contributed by atoms with Crippen LogP contribution in [0, 0.1) is 11.7 Å². The first-order valence-electron chi connectivity index (χ1n) is 10.7. The Labute approximate surface area is 179 Å². The summed E-state index contributed by atoms with van der Waals surface area (Å²) in [4.78, 5) is 6.75. The second-order valence-electron chi connectivity index (χ2n) is 8.38. The standard InChI is InChI=1S/C21H34FN5O2S/c1-23-21(24-15-17-7-13-27(14-8-17)30(2,28)29)25-20-9-11-26(12-10-20)16-18-3-5-19(22)6-4-18/h3-6,17,20H,7-16H2,1-2H3,(H2,23,24,25). The maximum atomic E-state index is 13.1. The second kappa shape index (κ2) is 10.5. The monoisotopic (exact) mass is 439 g/mol. The van der Waals surface area contributed by atoms with E-state index in [1.165, 1.54) is 18.4 Å². The van der Waals surface area contributed by atoms with E-state index in [9.17, 15) is 12.8 Å². The quantitative estimate of drug-likeness (QED) is 0.520. The van der Waals surface area contributed by atoms with Gasteiger partial charge in [0.1, 0.15) is 5.82 Å². The van der Waals surface area contributed by atoms with Gasteiger partial charge in [0.2, 0.25) is 10.0 Å². The van der Waals surface area contributed by atoms with Crippen LogP contribution in [-0.4, -0.2) is 75.7 Å². The van der Waals surface area contributed by atoms with Gasteiger partial charge in [-0.25, -0.2) is 17.1 Å². The van der Waals surface area contributed by atoms with Crippen molar-refractivity contribution in [2.24, 2.45) is 10.9 Å². The van der Waals surface area contributed by atoms with Crippen LogP contribution in [0.1, 0.15) is 31.2 Å². The fourth-order valence-corrected chi connectivity index (χ4v) is 5.03. The molecule has 2 heterocycles. The van der Waals surface area contributed by atoms with Crippen molar-refractivity contribution in [2.45, 2.75) is 38.3 Å². The number of piperidine rings is 2. The van der Waals surface area contributed by atoms with E-state index in [1.807, 2.05) is 12.1 Å². The normalized spacial score (nSPS) is 21.0. The van der Waals surface area contributed by atoms with Crippen LogP contribution in [0.15, 0.2) is 29.3 Å². The van der Waals surface area contributed by atoms with E-state index in [1.54, 1.807) is 11.4 Å². The number of rotatable bonds is 6. The van der Waals surface area contributed by atoms with Gasteiger partial charge in [0.05, 0.1) is 6.26 Å². The zero-order chi connectivity index (χ0) is 21.6. The molecule has 2 N–H and O–H groups in total. The average molecular weight is 440 g/mol. The smallest absolute Gasteiger partial charge is 0.211 e. The minimum Gasteiger partial charge on any atom is -0.356 e. The summed E-state index contributed by atoms with van der Waals surface area (Å²) in [6.45, 7) is 4.85. The summed E-state index contributed by atoms with van der Waals surface area (Å²) in [6, 6.07) is 7.12. The summed E-state index contributed by atoms with van der Waals surface area (Å²) in [5.74, 6) is 1.08. The Morgan fingerprint density at radius 1 is 1.10 bits per heavy atom. The summed E-state index contributed by atoms with van der Waals surface area (Å²) in [6.07, 6.45) is 5.10. The van der Waals surface area contributed by atoms with Crippen LogP contribution < -0.4 is 10.6 Å². The molecule has 2 aliphatic heterocycles. The number of halogens is 1. The van der Waals surface area contributed by atoms with Crippen molar-refractivity contribution in [2.75, 3.05) is 46.0 Å². The molecule has 168 valence electrons. The molecule has 0 spiro atoms. The molecule has 2 aliphatic rings. The van der Waals surface area contributed by atoms with E-state index in [2.05, 4.69) is 20.5 Å². The molecular weight excluding hydrogens is 405 g/mol. The van der Waals surface area contributed by atoms with Crippen LogP contribution in [0.2, 0.25) is 0 Å². The zero-order valence-corrected chi connectivity index (χ0v) is 18.8. The topological polar surface area (TPSA) is 77.0 Å². The molecule has 0 radical (unpaired) electrons. The van der Waals surface area contributed by atoms with Gasteiger partial charge in [-0.05, 0) is 49.3 Å². The van der Waals surface area contributed by atoms with Crippen LogP contribution in [0.5, 0.6) is 0 Å². The molecule has 2 saturated heterocycles. The third kappa shape index (κ3) is 6.92. The molecule has 0 aliphatic carbocycles. The number of aliphatic imine (C=N–C) groups is 1. The molecular formula is C21H34FN5O2S. The van der Waals surface area contributed by atoms with Gasteiger partial charge in [0.25, 0.3) is 0 Å². The largest absolute Gasteiger partial charge is 0.356 e. The molecule has 1 aromatic carbocycles. The summed E-state index contributed by atoms with van der Waals surface area (Å²) >= 11 is 0. The number of sulfonamides is 1. The number of benzene rings is 1. The highest BCUT2D eigenvalue weighted by Gasteiger charge is 2.25. The van der Waals surface area contributed by atoms with Gasteiger partial charge in [-0.1, -0.05) is 12.1 Å². The Balaban J connectivity index is 1.36. The first kappa shape index (κ1) is 23.0. The zero-order valence-electron chi connectivity index (χ0n) is 18.0. The molecule has 0 bridgehead atoms. The fraction of sp³-hybridized carbons (Fsp3) is 0.667. The van der Waals surface area contributed by atoms with Crippen molar-refractivity contribution < 1.29 is 12.8 Å². The Morgan fingerprint density at radius 2 is 1.73 bits per heavy atom. The van der Waals surface area contributed by atoms with E-state index in [4.69, 9.17) is 0 Å². The van der Waals surface area contributed by atoms with Crippen molar-refractivity contribution in [3.05, 3.63) is 35.6 Å². The van der Waals surface area contributed by atoms with Crippen molar-refractivity contribution >= 4 is 16.0 Å². The van der Waals surface area contributed by atoms with E-state index in [0.717, 1.165) is 63.4 Å². The molecule has 2 fully saturated rings. The van der Waals surface area contributed by atoms with E-state index in [0.29, 0.717) is 25.0 Å². The summed E-state index contributed by atoms with van der Waals surface area (Å²) in [7, 11) is -1.29. The predicted molar refractivity (Wildman–Crippen MR) is 118 cm³/mol. The Hall–Kier alpha value is -1.71. The number of hydrogen-bond acceptors (Lipinski definition) is 4. The molecule has 7 nitrogen and oxygen atoms in total. The minimum absolute atomic E-state index is 0.193. The van der Waals surface area contributed by atoms with Gasteiger partial charge in [0, 0.05) is 52.4 Å². The number of nitrogens with zero attached hydrogens (tertiary/aromatic N) is 3. The van der Waals surface area contributed by atoms with Crippen LogP contribution in [-0.2, 0) is 16.6 Å². The first-order chi connectivity index (χ1) is 14.3. The SMILES string of the molecule is CN=C(NCC1CCN(S(C)(=O)=O)CC1)NC1CCN(Cc2ccc(F)cc2)CC1. The van der Waals surface area contributed by atoms with Crippen LogP contribution in [0.3, 0.4) is 0 Å². The van der Waals surface area contributed by atoms with Gasteiger partial charge in [-0.2, -0.15) is 0 Å². The van der Waals surface area contributed by atoms with E-state index < -0.39 is 10.0 Å². The third-order valence-electron chi connectivity index (χ3n) is 6.07. The van der Waals surface area contributed by atoms with E-state index in [-0.39, 0.29) is 5.82 Å². The van der Waals surface area contributed by atoms with Crippen LogP contribution in [0.4, 0.5) is 4.39 Å². The average Bonchev–Trinajstić information content (AvgIpc) is 2.73. The highest BCUT2D eigenvalue weighted by molar-refractivity contribution is 7.88. The molecule has 0 aromatic heterocycles. The highest BCUT2D eigenvalue weighted by atomic mass is 32.2. The van der Waals surface area contributed by atoms with E-state index >= 15 is 0 Å². The number of guanidine groups is 1. The van der Waals surface area contributed by atoms with Crippen molar-refractivity contribution in [3.63, 3.8) is 0 Å². The fourth-order valence-electron chi connectivity index (χ4n) is 4.16. The minimum atomic E-state index is -3.07. The molecule has 3 rings (SSSR count). The van der Waals surface area contributed by atoms with Crippen LogP contribution in [0.25, 0.3) is 0 Å². The molecule has 0 atom stereocenters. The maximum absolute atomic E-state index is 13.1. The molecule has 1 aromatic rings. The number of hydrogen-bond donors (Lipinski definition) is 2. The van der Waals surface area contributed by atoms with Gasteiger partial charge in [-0.15, -0.1) is 0 Å². The van der Waals surface area contributed by atoms with Crippen LogP contribution >= 0.6 is 0 Å². The van der Waals surface area contributed by atoms with Crippen molar-refractivity contribution in [1.29, 1.82) is 0 Å². The highest BCUT2D eigenvalue weighted by Crippen LogP contribution is 2.18. The Bertz CT molecular complexity index is 799. The molecule has 0 unspecified atom stereocenters. The summed E-state index contributed by atoms with van der Waals surface area (Å²) in [5, 5.41) is 6.94. The van der Waals surface area contributed by atoms with Gasteiger partial charge < -0.3 is 10.6 Å². The molecule has 30 heavy (non-hydrogen) atoms. The second-order valence-corrected chi connectivity index (χ2v) is 10.4. The molecule has 0 saturated carbocycles. The lowest BCUT2D eigenvalue weighted by molar-refractivity contribution is 0.198. The Morgan fingerprint density at radius 3 is 2.30 bits per heavy atom. The molecule has 9 heteroatoms. The van der Waals surface area contributed by atoms with Gasteiger partial charge >= 0.3 is 0 Å². The maximum Gasteiger partial charge on any atom is 0.211 e. The first-order valence-corrected chi connectivity index (χ1v) is 12.6. The van der Waals surface area contributed by atoms with Crippen molar-refractivity contribution in [3.8, 4) is 0 Å². The third-order valence-corrected chi connectivity index (χ3v) is 7.38. The summed E-state index contributed by atoms with van der Waals surface area (Å²) in [5.41, 5.74) is 1.14. The Kier molecular flexibility index (Phi) is 8.07. The van der Waals surface area contributed by atoms with Gasteiger partial charge in [-0.3, -0.25) is 9.89 Å².